The first-order valence-electron chi connectivity index (χ1n) is 4.88. The average Bonchev–Trinajstić information content (AvgIpc) is 2.36. The Labute approximate surface area is 101 Å². The maximum atomic E-state index is 11.5. The lowest BCUT2D eigenvalue weighted by Gasteiger charge is -2.06. The number of amides is 2. The predicted molar refractivity (Wildman–Crippen MR) is 58.5 cm³/mol. The highest BCUT2D eigenvalue weighted by Crippen LogP contribution is 2.14. The summed E-state index contributed by atoms with van der Waals surface area (Å²) in [4.78, 5) is 35.9. The van der Waals surface area contributed by atoms with Crippen molar-refractivity contribution in [2.75, 3.05) is 6.61 Å². The quantitative estimate of drug-likeness (QED) is 0.593. The van der Waals surface area contributed by atoms with Crippen molar-refractivity contribution in [1.29, 1.82) is 0 Å². The second-order valence-electron chi connectivity index (χ2n) is 2.93. The van der Waals surface area contributed by atoms with Gasteiger partial charge in [-0.1, -0.05) is 0 Å². The molecule has 18 heavy (non-hydrogen) atoms. The van der Waals surface area contributed by atoms with Crippen LogP contribution in [0.2, 0.25) is 0 Å². The Bertz CT molecular complexity index is 476. The molecule has 0 fully saturated rings. The van der Waals surface area contributed by atoms with Crippen molar-refractivity contribution >= 4 is 17.7 Å². The van der Waals surface area contributed by atoms with Crippen molar-refractivity contribution in [2.24, 2.45) is 0 Å². The molecule has 96 valence electrons. The maximum Gasteiger partial charge on any atom is 0.426 e. The number of hydrogen-bond acceptors (Lipinski definition) is 6. The molecule has 0 aliphatic rings. The number of rotatable bonds is 3. The summed E-state index contributed by atoms with van der Waals surface area (Å²) in [5, 5.41) is 10.6. The van der Waals surface area contributed by atoms with E-state index in [1.165, 1.54) is 12.3 Å². The molecule has 0 atom stereocenters. The monoisotopic (exact) mass is 254 g/mol. The number of carbonyl (C=O) groups excluding carboxylic acids is 2. The molecule has 9 heteroatoms. The molecule has 0 saturated carbocycles. The molecule has 0 spiro atoms. The molecule has 0 aliphatic carbocycles. The lowest BCUT2D eigenvalue weighted by molar-refractivity contribution is -0.385. The third-order valence-electron chi connectivity index (χ3n) is 1.75. The van der Waals surface area contributed by atoms with E-state index in [1.807, 2.05) is 10.9 Å². The number of nitrogens with zero attached hydrogens (tertiary/aromatic N) is 2. The van der Waals surface area contributed by atoms with Gasteiger partial charge in [-0.2, -0.15) is 0 Å². The van der Waals surface area contributed by atoms with Crippen LogP contribution in [0.25, 0.3) is 0 Å². The lowest BCUT2D eigenvalue weighted by atomic mass is 10.3. The van der Waals surface area contributed by atoms with Crippen LogP contribution in [0.4, 0.5) is 10.5 Å². The molecular weight excluding hydrogens is 244 g/mol. The topological polar surface area (TPSA) is 123 Å². The number of pyridine rings is 1. The van der Waals surface area contributed by atoms with Gasteiger partial charge in [0, 0.05) is 12.3 Å². The summed E-state index contributed by atoms with van der Waals surface area (Å²) in [5.74, 6) is -0.907. The molecule has 0 aliphatic heterocycles. The van der Waals surface area contributed by atoms with Gasteiger partial charge in [0.15, 0.2) is 0 Å². The highest BCUT2D eigenvalue weighted by Gasteiger charge is 2.21. The molecule has 1 aromatic rings. The highest BCUT2D eigenvalue weighted by molar-refractivity contribution is 5.96. The Morgan fingerprint density at radius 3 is 2.83 bits per heavy atom. The van der Waals surface area contributed by atoms with Gasteiger partial charge in [0.05, 0.1) is 11.5 Å². The van der Waals surface area contributed by atoms with Crippen LogP contribution in [0, 0.1) is 10.1 Å². The molecule has 0 unspecified atom stereocenters. The van der Waals surface area contributed by atoms with E-state index in [4.69, 9.17) is 0 Å². The fraction of sp³-hybridized carbons (Fsp3) is 0.222. The molecule has 2 N–H and O–H groups in total. The van der Waals surface area contributed by atoms with Gasteiger partial charge >= 0.3 is 11.8 Å². The van der Waals surface area contributed by atoms with Gasteiger partial charge in [0.25, 0.3) is 5.91 Å². The van der Waals surface area contributed by atoms with Crippen molar-refractivity contribution in [3.8, 4) is 0 Å². The van der Waals surface area contributed by atoms with Crippen LogP contribution in [-0.2, 0) is 4.74 Å². The zero-order chi connectivity index (χ0) is 13.5. The Kier molecular flexibility index (Phi) is 4.55. The van der Waals surface area contributed by atoms with Gasteiger partial charge in [-0.25, -0.2) is 15.2 Å². The second-order valence-corrected chi connectivity index (χ2v) is 2.93. The fourth-order valence-electron chi connectivity index (χ4n) is 1.05. The van der Waals surface area contributed by atoms with E-state index in [0.29, 0.717) is 0 Å². The van der Waals surface area contributed by atoms with Crippen LogP contribution < -0.4 is 10.9 Å². The summed E-state index contributed by atoms with van der Waals surface area (Å²) in [5.41, 5.74) is 3.01. The van der Waals surface area contributed by atoms with Crippen molar-refractivity contribution < 1.29 is 19.2 Å². The SMILES string of the molecule is CCOC(=O)NNC(=O)c1ncccc1[N+](=O)[O-]. The van der Waals surface area contributed by atoms with Crippen molar-refractivity contribution in [3.05, 3.63) is 34.1 Å². The van der Waals surface area contributed by atoms with Crippen LogP contribution in [0.1, 0.15) is 17.4 Å². The molecule has 0 saturated heterocycles. The van der Waals surface area contributed by atoms with E-state index in [-0.39, 0.29) is 6.61 Å². The summed E-state index contributed by atoms with van der Waals surface area (Å²) in [6.07, 6.45) is 0.358. The summed E-state index contributed by atoms with van der Waals surface area (Å²) in [7, 11) is 0. The van der Waals surface area contributed by atoms with Crippen molar-refractivity contribution in [2.45, 2.75) is 6.92 Å². The van der Waals surface area contributed by atoms with Gasteiger partial charge in [-0.3, -0.25) is 20.3 Å². The third-order valence-corrected chi connectivity index (χ3v) is 1.75. The molecule has 0 aromatic carbocycles. The van der Waals surface area contributed by atoms with E-state index in [0.717, 1.165) is 6.07 Å². The zero-order valence-electron chi connectivity index (χ0n) is 9.37. The summed E-state index contributed by atoms with van der Waals surface area (Å²) in [6, 6.07) is 2.46. The highest BCUT2D eigenvalue weighted by atomic mass is 16.6. The Morgan fingerprint density at radius 1 is 1.50 bits per heavy atom. The molecule has 1 heterocycles. The number of hydrazine groups is 1. The fourth-order valence-corrected chi connectivity index (χ4v) is 1.05. The average molecular weight is 254 g/mol. The molecular formula is C9H10N4O5. The summed E-state index contributed by atoms with van der Waals surface area (Å²) >= 11 is 0. The normalized spacial score (nSPS) is 9.39. The van der Waals surface area contributed by atoms with E-state index in [9.17, 15) is 19.7 Å². The van der Waals surface area contributed by atoms with E-state index in [1.54, 1.807) is 6.92 Å². The maximum absolute atomic E-state index is 11.5. The number of aromatic nitrogens is 1. The number of nitro groups is 1. The first-order chi connectivity index (χ1) is 8.56. The summed E-state index contributed by atoms with van der Waals surface area (Å²) < 4.78 is 4.49. The largest absolute Gasteiger partial charge is 0.449 e. The van der Waals surface area contributed by atoms with Crippen LogP contribution in [0.5, 0.6) is 0 Å². The predicted octanol–water partition coefficient (Wildman–Crippen LogP) is 0.381. The number of hydrogen-bond donors (Lipinski definition) is 2. The number of carbonyl (C=O) groups is 2. The van der Waals surface area contributed by atoms with E-state index in [2.05, 4.69) is 9.72 Å². The van der Waals surface area contributed by atoms with Crippen LogP contribution >= 0.6 is 0 Å². The Balaban J connectivity index is 2.73. The Morgan fingerprint density at radius 2 is 2.22 bits per heavy atom. The first kappa shape index (κ1) is 13.4. The molecule has 2 amide bonds. The first-order valence-corrected chi connectivity index (χ1v) is 4.88. The molecule has 0 radical (unpaired) electrons. The minimum Gasteiger partial charge on any atom is -0.449 e. The van der Waals surface area contributed by atoms with Crippen LogP contribution in [0.15, 0.2) is 18.3 Å². The molecule has 1 rings (SSSR count). The number of nitrogens with one attached hydrogen (secondary N) is 2. The minimum absolute atomic E-state index is 0.130. The standard InChI is InChI=1S/C9H10N4O5/c1-2-18-9(15)12-11-8(14)7-6(13(16)17)4-3-5-10-7/h3-5H,2H2,1H3,(H,11,14)(H,12,15). The van der Waals surface area contributed by atoms with Crippen molar-refractivity contribution in [3.63, 3.8) is 0 Å². The second kappa shape index (κ2) is 6.13. The van der Waals surface area contributed by atoms with E-state index < -0.39 is 28.3 Å². The van der Waals surface area contributed by atoms with Crippen LogP contribution in [0.3, 0.4) is 0 Å². The molecule has 0 bridgehead atoms. The van der Waals surface area contributed by atoms with Gasteiger partial charge in [-0.15, -0.1) is 0 Å². The van der Waals surface area contributed by atoms with E-state index >= 15 is 0 Å². The third kappa shape index (κ3) is 3.40. The van der Waals surface area contributed by atoms with Gasteiger partial charge in [0.1, 0.15) is 0 Å². The Hall–Kier alpha value is -2.71. The van der Waals surface area contributed by atoms with Gasteiger partial charge < -0.3 is 4.74 Å². The molecule has 9 nitrogen and oxygen atoms in total. The van der Waals surface area contributed by atoms with Crippen LogP contribution in [-0.4, -0.2) is 28.5 Å². The zero-order valence-corrected chi connectivity index (χ0v) is 9.37. The number of ether oxygens (including phenoxy) is 1. The smallest absolute Gasteiger partial charge is 0.426 e. The minimum atomic E-state index is -0.907. The lowest BCUT2D eigenvalue weighted by Crippen LogP contribution is -2.42. The van der Waals surface area contributed by atoms with Crippen molar-refractivity contribution in [1.82, 2.24) is 15.8 Å². The molecule has 1 aromatic heterocycles. The van der Waals surface area contributed by atoms with Gasteiger partial charge in [-0.05, 0) is 13.0 Å². The summed E-state index contributed by atoms with van der Waals surface area (Å²) in [6.45, 7) is 1.72. The van der Waals surface area contributed by atoms with Gasteiger partial charge in [0.2, 0.25) is 5.69 Å².